The zero-order chi connectivity index (χ0) is 13.5. The summed E-state index contributed by atoms with van der Waals surface area (Å²) in [7, 11) is -1.96. The van der Waals surface area contributed by atoms with Crippen LogP contribution in [0.3, 0.4) is 0 Å². The maximum absolute atomic E-state index is 12.2. The molecule has 1 N–H and O–H groups in total. The number of carboxylic acid groups (broad SMARTS) is 1. The lowest BCUT2D eigenvalue weighted by molar-refractivity contribution is -0.141. The summed E-state index contributed by atoms with van der Waals surface area (Å²) in [6.07, 6.45) is 1.79. The molecule has 0 aliphatic carbocycles. The Morgan fingerprint density at radius 2 is 2.22 bits per heavy atom. The third kappa shape index (κ3) is 2.13. The first kappa shape index (κ1) is 13.0. The van der Waals surface area contributed by atoms with Crippen molar-refractivity contribution < 1.29 is 18.3 Å². The standard InChI is InChI=1S/C10H15N3O4S/c1-7-11-9(6-12(7)2)18(16,17)13-4-3-8(5-13)10(14)15/h6,8H,3-5H2,1-2H3,(H,14,15)/t8-/m1/s1. The number of imidazole rings is 1. The number of hydrogen-bond acceptors (Lipinski definition) is 4. The highest BCUT2D eigenvalue weighted by Gasteiger charge is 2.36. The van der Waals surface area contributed by atoms with Crippen LogP contribution in [0.25, 0.3) is 0 Å². The minimum absolute atomic E-state index is 0.0199. The molecule has 0 unspecified atom stereocenters. The van der Waals surface area contributed by atoms with Gasteiger partial charge < -0.3 is 9.67 Å². The van der Waals surface area contributed by atoms with Gasteiger partial charge in [-0.3, -0.25) is 4.79 Å². The Hall–Kier alpha value is -1.41. The van der Waals surface area contributed by atoms with E-state index in [-0.39, 0.29) is 18.1 Å². The minimum atomic E-state index is -3.67. The van der Waals surface area contributed by atoms with Crippen molar-refractivity contribution in [2.24, 2.45) is 13.0 Å². The van der Waals surface area contributed by atoms with E-state index in [1.807, 2.05) is 0 Å². The Bertz CT molecular complexity index is 558. The van der Waals surface area contributed by atoms with Crippen LogP contribution in [0.4, 0.5) is 0 Å². The largest absolute Gasteiger partial charge is 0.481 e. The van der Waals surface area contributed by atoms with E-state index in [1.54, 1.807) is 18.5 Å². The van der Waals surface area contributed by atoms with Gasteiger partial charge in [-0.1, -0.05) is 0 Å². The first-order valence-electron chi connectivity index (χ1n) is 5.55. The second-order valence-electron chi connectivity index (χ2n) is 4.42. The number of aliphatic carboxylic acids is 1. The van der Waals surface area contributed by atoms with E-state index in [1.165, 1.54) is 10.5 Å². The molecule has 0 spiro atoms. The molecule has 0 saturated carbocycles. The summed E-state index contributed by atoms with van der Waals surface area (Å²) in [5, 5.41) is 8.85. The molecule has 2 heterocycles. The zero-order valence-corrected chi connectivity index (χ0v) is 11.0. The molecule has 7 nitrogen and oxygen atoms in total. The fourth-order valence-corrected chi connectivity index (χ4v) is 3.46. The highest BCUT2D eigenvalue weighted by atomic mass is 32.2. The molecule has 18 heavy (non-hydrogen) atoms. The Morgan fingerprint density at radius 1 is 1.56 bits per heavy atom. The van der Waals surface area contributed by atoms with Crippen molar-refractivity contribution in [1.29, 1.82) is 0 Å². The Kier molecular flexibility index (Phi) is 3.16. The Morgan fingerprint density at radius 3 is 2.67 bits per heavy atom. The Balaban J connectivity index is 2.25. The molecule has 0 amide bonds. The molecule has 0 aromatic carbocycles. The number of rotatable bonds is 3. The van der Waals surface area contributed by atoms with E-state index in [9.17, 15) is 13.2 Å². The normalized spacial score (nSPS) is 21.3. The summed E-state index contributed by atoms with van der Waals surface area (Å²) in [4.78, 5) is 14.8. The number of carbonyl (C=O) groups is 1. The van der Waals surface area contributed by atoms with E-state index < -0.39 is 21.9 Å². The van der Waals surface area contributed by atoms with Gasteiger partial charge >= 0.3 is 5.97 Å². The van der Waals surface area contributed by atoms with Crippen LogP contribution < -0.4 is 0 Å². The number of hydrogen-bond donors (Lipinski definition) is 1. The molecule has 100 valence electrons. The van der Waals surface area contributed by atoms with Crippen LogP contribution in [-0.4, -0.2) is 46.4 Å². The minimum Gasteiger partial charge on any atom is -0.481 e. The van der Waals surface area contributed by atoms with E-state index in [2.05, 4.69) is 4.98 Å². The predicted molar refractivity (Wildman–Crippen MR) is 62.4 cm³/mol. The summed E-state index contributed by atoms with van der Waals surface area (Å²) in [6.45, 7) is 1.96. The van der Waals surface area contributed by atoms with Crippen molar-refractivity contribution in [3.63, 3.8) is 0 Å². The molecule has 0 bridgehead atoms. The summed E-state index contributed by atoms with van der Waals surface area (Å²) in [5.41, 5.74) is 0. The van der Waals surface area contributed by atoms with Crippen LogP contribution in [0.1, 0.15) is 12.2 Å². The van der Waals surface area contributed by atoms with Crippen LogP contribution in [-0.2, 0) is 21.9 Å². The number of aryl methyl sites for hydroxylation is 2. The topological polar surface area (TPSA) is 92.5 Å². The van der Waals surface area contributed by atoms with Crippen molar-refractivity contribution >= 4 is 16.0 Å². The highest BCUT2D eigenvalue weighted by Crippen LogP contribution is 2.23. The Labute approximate surface area is 105 Å². The molecular weight excluding hydrogens is 258 g/mol. The van der Waals surface area contributed by atoms with Crippen LogP contribution in [0.5, 0.6) is 0 Å². The molecule has 1 aliphatic heterocycles. The molecule has 0 radical (unpaired) electrons. The van der Waals surface area contributed by atoms with Crippen LogP contribution in [0, 0.1) is 12.8 Å². The fourth-order valence-electron chi connectivity index (χ4n) is 1.93. The molecule has 1 fully saturated rings. The molecular formula is C10H15N3O4S. The van der Waals surface area contributed by atoms with Crippen molar-refractivity contribution in [2.75, 3.05) is 13.1 Å². The second-order valence-corrected chi connectivity index (χ2v) is 6.31. The molecule has 1 atom stereocenters. The maximum Gasteiger partial charge on any atom is 0.307 e. The van der Waals surface area contributed by atoms with Gasteiger partial charge in [-0.2, -0.15) is 4.31 Å². The van der Waals surface area contributed by atoms with Gasteiger partial charge in [0.2, 0.25) is 0 Å². The van der Waals surface area contributed by atoms with Gasteiger partial charge in [-0.15, -0.1) is 0 Å². The van der Waals surface area contributed by atoms with Gasteiger partial charge in [-0.05, 0) is 13.3 Å². The summed E-state index contributed by atoms with van der Waals surface area (Å²) >= 11 is 0. The van der Waals surface area contributed by atoms with Gasteiger partial charge in [0, 0.05) is 26.3 Å². The van der Waals surface area contributed by atoms with Crippen molar-refractivity contribution in [2.45, 2.75) is 18.4 Å². The van der Waals surface area contributed by atoms with E-state index in [4.69, 9.17) is 5.11 Å². The van der Waals surface area contributed by atoms with Gasteiger partial charge in [0.15, 0.2) is 5.03 Å². The lowest BCUT2D eigenvalue weighted by Crippen LogP contribution is -2.30. The van der Waals surface area contributed by atoms with Gasteiger partial charge in [0.1, 0.15) is 5.82 Å². The van der Waals surface area contributed by atoms with Crippen LogP contribution in [0.15, 0.2) is 11.2 Å². The number of carboxylic acids is 1. The monoisotopic (exact) mass is 273 g/mol. The van der Waals surface area contributed by atoms with Crippen molar-refractivity contribution in [1.82, 2.24) is 13.9 Å². The number of sulfonamides is 1. The first-order valence-corrected chi connectivity index (χ1v) is 6.99. The molecule has 1 saturated heterocycles. The lowest BCUT2D eigenvalue weighted by atomic mass is 10.1. The van der Waals surface area contributed by atoms with Crippen LogP contribution in [0.2, 0.25) is 0 Å². The van der Waals surface area contributed by atoms with Crippen LogP contribution >= 0.6 is 0 Å². The molecule has 1 aliphatic rings. The van der Waals surface area contributed by atoms with Crippen molar-refractivity contribution in [3.05, 3.63) is 12.0 Å². The maximum atomic E-state index is 12.2. The zero-order valence-electron chi connectivity index (χ0n) is 10.2. The molecule has 8 heteroatoms. The van der Waals surface area contributed by atoms with Gasteiger partial charge in [0.05, 0.1) is 5.92 Å². The smallest absolute Gasteiger partial charge is 0.307 e. The molecule has 1 aromatic heterocycles. The lowest BCUT2D eigenvalue weighted by Gasteiger charge is -2.13. The van der Waals surface area contributed by atoms with E-state index >= 15 is 0 Å². The summed E-state index contributed by atoms with van der Waals surface area (Å²) in [6, 6.07) is 0. The first-order chi connectivity index (χ1) is 8.32. The van der Waals surface area contributed by atoms with E-state index in [0.717, 1.165) is 0 Å². The van der Waals surface area contributed by atoms with E-state index in [0.29, 0.717) is 12.2 Å². The average molecular weight is 273 g/mol. The quantitative estimate of drug-likeness (QED) is 0.825. The van der Waals surface area contributed by atoms with Crippen molar-refractivity contribution in [3.8, 4) is 0 Å². The molecule has 2 rings (SSSR count). The number of aromatic nitrogens is 2. The number of nitrogens with zero attached hydrogens (tertiary/aromatic N) is 3. The summed E-state index contributed by atoms with van der Waals surface area (Å²) in [5.74, 6) is -0.975. The highest BCUT2D eigenvalue weighted by molar-refractivity contribution is 7.89. The van der Waals surface area contributed by atoms with Gasteiger partial charge in [0.25, 0.3) is 10.0 Å². The fraction of sp³-hybridized carbons (Fsp3) is 0.600. The van der Waals surface area contributed by atoms with Gasteiger partial charge in [-0.25, -0.2) is 13.4 Å². The second kappa shape index (κ2) is 4.36. The summed E-state index contributed by atoms with van der Waals surface area (Å²) < 4.78 is 27.3. The molecule has 1 aromatic rings. The average Bonchev–Trinajstić information content (AvgIpc) is 2.87. The third-order valence-electron chi connectivity index (χ3n) is 3.19. The predicted octanol–water partition coefficient (Wildman–Crippen LogP) is -0.176. The third-order valence-corrected chi connectivity index (χ3v) is 4.93. The SMILES string of the molecule is Cc1nc(S(=O)(=O)N2CC[C@@H](C(=O)O)C2)cn1C.